The summed E-state index contributed by atoms with van der Waals surface area (Å²) < 4.78 is 2.30. The van der Waals surface area contributed by atoms with Crippen molar-refractivity contribution in [1.82, 2.24) is 29.9 Å². The molecule has 0 amide bonds. The first-order chi connectivity index (χ1) is 11.1. The van der Waals surface area contributed by atoms with E-state index in [1.807, 2.05) is 6.20 Å². The molecule has 0 fully saturated rings. The summed E-state index contributed by atoms with van der Waals surface area (Å²) in [5.41, 5.74) is 2.39. The molecule has 1 aliphatic heterocycles. The molecule has 1 aromatic carbocycles. The van der Waals surface area contributed by atoms with Crippen molar-refractivity contribution < 1.29 is 0 Å². The quantitative estimate of drug-likeness (QED) is 0.808. The predicted octanol–water partition coefficient (Wildman–Crippen LogP) is 2.85. The molecule has 0 saturated heterocycles. The smallest absolute Gasteiger partial charge is 0.150 e. The van der Waals surface area contributed by atoms with Gasteiger partial charge in [0.1, 0.15) is 11.6 Å². The van der Waals surface area contributed by atoms with Gasteiger partial charge in [-0.05, 0) is 18.6 Å². The van der Waals surface area contributed by atoms with Gasteiger partial charge in [-0.3, -0.25) is 10.00 Å². The first-order valence-electron chi connectivity index (χ1n) is 8.22. The molecule has 4 rings (SSSR count). The van der Waals surface area contributed by atoms with E-state index in [1.54, 1.807) is 0 Å². The molecule has 1 aliphatic rings. The molecule has 1 N–H and O–H groups in total. The lowest BCUT2D eigenvalue weighted by atomic mass is 10.1. The number of nitrogens with zero attached hydrogens (tertiary/aromatic N) is 5. The standard InChI is InChI=1S/C17H22N6/c1-11(2)16-20-21-17-12(3)22(6-7-23(16)17)10-13-4-5-14-9-18-19-15(14)8-13/h4-5,8-9,11-12H,6-7,10H2,1-3H3,(H,18,19). The number of hydrogen-bond donors (Lipinski definition) is 1. The molecule has 3 aromatic rings. The summed E-state index contributed by atoms with van der Waals surface area (Å²) in [6.07, 6.45) is 1.86. The molecule has 6 heteroatoms. The van der Waals surface area contributed by atoms with Crippen molar-refractivity contribution in [3.05, 3.63) is 41.6 Å². The Kier molecular flexibility index (Phi) is 3.41. The number of aromatic nitrogens is 5. The molecular formula is C17H22N6. The van der Waals surface area contributed by atoms with Crippen molar-refractivity contribution >= 4 is 10.9 Å². The summed E-state index contributed by atoms with van der Waals surface area (Å²) >= 11 is 0. The zero-order chi connectivity index (χ0) is 16.0. The Morgan fingerprint density at radius 2 is 2.13 bits per heavy atom. The monoisotopic (exact) mass is 310 g/mol. The number of rotatable bonds is 3. The van der Waals surface area contributed by atoms with Gasteiger partial charge < -0.3 is 4.57 Å². The molecule has 3 heterocycles. The molecule has 0 radical (unpaired) electrons. The zero-order valence-electron chi connectivity index (χ0n) is 13.8. The van der Waals surface area contributed by atoms with Crippen molar-refractivity contribution in [3.8, 4) is 0 Å². The van der Waals surface area contributed by atoms with Crippen LogP contribution in [0.2, 0.25) is 0 Å². The number of benzene rings is 1. The van der Waals surface area contributed by atoms with Crippen LogP contribution in [0.1, 0.15) is 49.9 Å². The van der Waals surface area contributed by atoms with Gasteiger partial charge in [-0.2, -0.15) is 5.10 Å². The van der Waals surface area contributed by atoms with Crippen molar-refractivity contribution in [2.75, 3.05) is 6.54 Å². The fraction of sp³-hybridized carbons (Fsp3) is 0.471. The van der Waals surface area contributed by atoms with Gasteiger partial charge in [0.25, 0.3) is 0 Å². The molecule has 1 unspecified atom stereocenters. The second kappa shape index (κ2) is 5.45. The second-order valence-corrected chi connectivity index (χ2v) is 6.66. The topological polar surface area (TPSA) is 62.6 Å². The van der Waals surface area contributed by atoms with Crippen LogP contribution in [0.25, 0.3) is 10.9 Å². The summed E-state index contributed by atoms with van der Waals surface area (Å²) in [6, 6.07) is 6.78. The minimum Gasteiger partial charge on any atom is -0.312 e. The highest BCUT2D eigenvalue weighted by Gasteiger charge is 2.28. The van der Waals surface area contributed by atoms with E-state index >= 15 is 0 Å². The maximum Gasteiger partial charge on any atom is 0.150 e. The van der Waals surface area contributed by atoms with Crippen LogP contribution in [0.15, 0.2) is 24.4 Å². The van der Waals surface area contributed by atoms with E-state index in [0.29, 0.717) is 5.92 Å². The van der Waals surface area contributed by atoms with E-state index in [4.69, 9.17) is 0 Å². The number of hydrogen-bond acceptors (Lipinski definition) is 4. The third kappa shape index (κ3) is 2.43. The molecule has 23 heavy (non-hydrogen) atoms. The average molecular weight is 310 g/mol. The minimum atomic E-state index is 0.279. The largest absolute Gasteiger partial charge is 0.312 e. The zero-order valence-corrected chi connectivity index (χ0v) is 13.8. The summed E-state index contributed by atoms with van der Waals surface area (Å²) in [7, 11) is 0. The highest BCUT2D eigenvalue weighted by atomic mass is 15.4. The van der Waals surface area contributed by atoms with Crippen molar-refractivity contribution in [2.24, 2.45) is 0 Å². The van der Waals surface area contributed by atoms with E-state index in [9.17, 15) is 0 Å². The summed E-state index contributed by atoms with van der Waals surface area (Å²) in [5.74, 6) is 2.60. The van der Waals surface area contributed by atoms with Crippen LogP contribution in [0.5, 0.6) is 0 Å². The summed E-state index contributed by atoms with van der Waals surface area (Å²) in [4.78, 5) is 2.46. The van der Waals surface area contributed by atoms with Gasteiger partial charge in [-0.25, -0.2) is 0 Å². The molecule has 0 aliphatic carbocycles. The predicted molar refractivity (Wildman–Crippen MR) is 89.0 cm³/mol. The van der Waals surface area contributed by atoms with E-state index in [0.717, 1.165) is 42.2 Å². The number of fused-ring (bicyclic) bond motifs is 2. The minimum absolute atomic E-state index is 0.279. The maximum atomic E-state index is 4.45. The Bertz CT molecular complexity index is 831. The molecule has 6 nitrogen and oxygen atoms in total. The van der Waals surface area contributed by atoms with E-state index in [1.165, 1.54) is 5.56 Å². The van der Waals surface area contributed by atoms with Gasteiger partial charge in [0, 0.05) is 30.9 Å². The van der Waals surface area contributed by atoms with Gasteiger partial charge in [-0.1, -0.05) is 26.0 Å². The third-order valence-electron chi connectivity index (χ3n) is 4.75. The van der Waals surface area contributed by atoms with Crippen LogP contribution in [0.3, 0.4) is 0 Å². The SMILES string of the molecule is CC(C)c1nnc2n1CCN(Cc1ccc3cn[nH]c3c1)C2C. The Morgan fingerprint density at radius 1 is 1.26 bits per heavy atom. The van der Waals surface area contributed by atoms with Crippen molar-refractivity contribution in [3.63, 3.8) is 0 Å². The van der Waals surface area contributed by atoms with E-state index in [-0.39, 0.29) is 6.04 Å². The molecular weight excluding hydrogens is 288 g/mol. The lowest BCUT2D eigenvalue weighted by Gasteiger charge is -2.34. The molecule has 0 saturated carbocycles. The number of nitrogens with one attached hydrogen (secondary N) is 1. The summed E-state index contributed by atoms with van der Waals surface area (Å²) in [6.45, 7) is 9.47. The van der Waals surface area contributed by atoms with E-state index < -0.39 is 0 Å². The van der Waals surface area contributed by atoms with Crippen LogP contribution < -0.4 is 0 Å². The van der Waals surface area contributed by atoms with Crippen LogP contribution in [0.4, 0.5) is 0 Å². The first-order valence-corrected chi connectivity index (χ1v) is 8.22. The fourth-order valence-corrected chi connectivity index (χ4v) is 3.41. The van der Waals surface area contributed by atoms with Crippen molar-refractivity contribution in [2.45, 2.75) is 45.8 Å². The number of H-pyrrole nitrogens is 1. The Hall–Kier alpha value is -2.21. The average Bonchev–Trinajstić information content (AvgIpc) is 3.16. The first kappa shape index (κ1) is 14.4. The van der Waals surface area contributed by atoms with Gasteiger partial charge in [0.15, 0.2) is 0 Å². The third-order valence-corrected chi connectivity index (χ3v) is 4.75. The second-order valence-electron chi connectivity index (χ2n) is 6.66. The van der Waals surface area contributed by atoms with Crippen LogP contribution in [0, 0.1) is 0 Å². The summed E-state index contributed by atoms with van der Waals surface area (Å²) in [5, 5.41) is 17.1. The van der Waals surface area contributed by atoms with Crippen molar-refractivity contribution in [1.29, 1.82) is 0 Å². The van der Waals surface area contributed by atoms with Gasteiger partial charge >= 0.3 is 0 Å². The molecule has 0 bridgehead atoms. The molecule has 1 atom stereocenters. The number of aromatic amines is 1. The molecule has 120 valence electrons. The molecule has 0 spiro atoms. The van der Waals surface area contributed by atoms with Crippen LogP contribution in [-0.4, -0.2) is 36.4 Å². The van der Waals surface area contributed by atoms with Crippen LogP contribution >= 0.6 is 0 Å². The van der Waals surface area contributed by atoms with E-state index in [2.05, 4.69) is 68.8 Å². The van der Waals surface area contributed by atoms with Gasteiger partial charge in [-0.15, -0.1) is 10.2 Å². The Labute approximate surface area is 135 Å². The lowest BCUT2D eigenvalue weighted by molar-refractivity contribution is 0.155. The van der Waals surface area contributed by atoms with Crippen LogP contribution in [-0.2, 0) is 13.1 Å². The highest BCUT2D eigenvalue weighted by molar-refractivity contribution is 5.78. The highest BCUT2D eigenvalue weighted by Crippen LogP contribution is 2.28. The maximum absolute atomic E-state index is 4.45. The molecule has 2 aromatic heterocycles. The van der Waals surface area contributed by atoms with Gasteiger partial charge in [0.2, 0.25) is 0 Å². The Morgan fingerprint density at radius 3 is 2.96 bits per heavy atom. The van der Waals surface area contributed by atoms with Gasteiger partial charge in [0.05, 0.1) is 17.8 Å². The lowest BCUT2D eigenvalue weighted by Crippen LogP contribution is -2.37. The Balaban J connectivity index is 1.58. The normalized spacial score (nSPS) is 18.7. The fourth-order valence-electron chi connectivity index (χ4n) is 3.41.